The van der Waals surface area contributed by atoms with Gasteiger partial charge in [0, 0.05) is 11.0 Å². The standard InChI is InChI=1S/C11H12Cl2O/c1-11(2,3)10(14)7-4-5-8(12)9(13)6-7/h4-6H,1-3H3. The Morgan fingerprint density at radius 2 is 1.71 bits per heavy atom. The zero-order valence-corrected chi connectivity index (χ0v) is 9.91. The molecule has 0 aliphatic heterocycles. The first-order valence-corrected chi connectivity index (χ1v) is 5.08. The highest BCUT2D eigenvalue weighted by Crippen LogP contribution is 2.26. The maximum Gasteiger partial charge on any atom is 0.168 e. The molecule has 76 valence electrons. The molecule has 1 nitrogen and oxygen atoms in total. The summed E-state index contributed by atoms with van der Waals surface area (Å²) in [6.45, 7) is 5.62. The zero-order valence-electron chi connectivity index (χ0n) is 8.40. The molecule has 0 fully saturated rings. The molecule has 1 aromatic rings. The summed E-state index contributed by atoms with van der Waals surface area (Å²) < 4.78 is 0. The minimum atomic E-state index is -0.392. The fourth-order valence-corrected chi connectivity index (χ4v) is 1.37. The summed E-state index contributed by atoms with van der Waals surface area (Å²) in [5, 5.41) is 0.888. The maximum absolute atomic E-state index is 11.8. The molecule has 0 N–H and O–H groups in total. The number of hydrogen-bond acceptors (Lipinski definition) is 1. The van der Waals surface area contributed by atoms with Crippen LogP contribution in [-0.2, 0) is 0 Å². The van der Waals surface area contributed by atoms with Crippen LogP contribution < -0.4 is 0 Å². The molecule has 0 spiro atoms. The van der Waals surface area contributed by atoms with Crippen molar-refractivity contribution in [1.29, 1.82) is 0 Å². The van der Waals surface area contributed by atoms with E-state index in [1.807, 2.05) is 20.8 Å². The quantitative estimate of drug-likeness (QED) is 0.661. The second-order valence-electron chi connectivity index (χ2n) is 4.21. The molecule has 0 bridgehead atoms. The fraction of sp³-hybridized carbons (Fsp3) is 0.364. The summed E-state index contributed by atoms with van der Waals surface area (Å²) in [5.41, 5.74) is 0.212. The SMILES string of the molecule is CC(C)(C)C(=O)c1ccc(Cl)c(Cl)c1. The van der Waals surface area contributed by atoms with E-state index in [1.54, 1.807) is 18.2 Å². The van der Waals surface area contributed by atoms with Gasteiger partial charge in [0.25, 0.3) is 0 Å². The van der Waals surface area contributed by atoms with Crippen LogP contribution in [-0.4, -0.2) is 5.78 Å². The van der Waals surface area contributed by atoms with Crippen LogP contribution in [0.5, 0.6) is 0 Å². The second kappa shape index (κ2) is 3.92. The number of ketones is 1. The molecule has 0 heterocycles. The Hall–Kier alpha value is -0.530. The first-order chi connectivity index (χ1) is 6.32. The molecule has 0 aliphatic rings. The topological polar surface area (TPSA) is 17.1 Å². The molecule has 0 unspecified atom stereocenters. The zero-order chi connectivity index (χ0) is 10.9. The van der Waals surface area contributed by atoms with Crippen molar-refractivity contribution in [2.45, 2.75) is 20.8 Å². The summed E-state index contributed by atoms with van der Waals surface area (Å²) >= 11 is 11.6. The van der Waals surface area contributed by atoms with E-state index in [9.17, 15) is 4.79 Å². The lowest BCUT2D eigenvalue weighted by atomic mass is 9.87. The highest BCUT2D eigenvalue weighted by molar-refractivity contribution is 6.42. The Morgan fingerprint density at radius 1 is 1.14 bits per heavy atom. The number of Topliss-reactive ketones (excluding diaryl/α,β-unsaturated/α-hetero) is 1. The second-order valence-corrected chi connectivity index (χ2v) is 5.02. The van der Waals surface area contributed by atoms with Gasteiger partial charge in [0.15, 0.2) is 5.78 Å². The molecule has 0 aliphatic carbocycles. The van der Waals surface area contributed by atoms with Gasteiger partial charge >= 0.3 is 0 Å². The maximum atomic E-state index is 11.8. The van der Waals surface area contributed by atoms with E-state index in [2.05, 4.69) is 0 Å². The van der Waals surface area contributed by atoms with Gasteiger partial charge in [0.2, 0.25) is 0 Å². The summed E-state index contributed by atoms with van der Waals surface area (Å²) in [6.07, 6.45) is 0. The van der Waals surface area contributed by atoms with Gasteiger partial charge in [-0.2, -0.15) is 0 Å². The molecule has 1 rings (SSSR count). The molecule has 0 aromatic heterocycles. The Balaban J connectivity index is 3.10. The monoisotopic (exact) mass is 230 g/mol. The van der Waals surface area contributed by atoms with Crippen molar-refractivity contribution in [1.82, 2.24) is 0 Å². The van der Waals surface area contributed by atoms with Gasteiger partial charge in [-0.3, -0.25) is 4.79 Å². The van der Waals surface area contributed by atoms with Gasteiger partial charge in [-0.05, 0) is 18.2 Å². The minimum absolute atomic E-state index is 0.0658. The van der Waals surface area contributed by atoms with E-state index in [0.717, 1.165) is 0 Å². The van der Waals surface area contributed by atoms with E-state index >= 15 is 0 Å². The number of halogens is 2. The van der Waals surface area contributed by atoms with Crippen LogP contribution in [0.4, 0.5) is 0 Å². The van der Waals surface area contributed by atoms with Gasteiger partial charge in [0.1, 0.15) is 0 Å². The van der Waals surface area contributed by atoms with Crippen molar-refractivity contribution in [2.24, 2.45) is 5.41 Å². The third-order valence-corrected chi connectivity index (χ3v) is 2.60. The Kier molecular flexibility index (Phi) is 3.23. The number of rotatable bonds is 1. The Bertz CT molecular complexity index is 364. The van der Waals surface area contributed by atoms with E-state index in [1.165, 1.54) is 0 Å². The highest BCUT2D eigenvalue weighted by Gasteiger charge is 2.23. The third kappa shape index (κ3) is 2.49. The molecule has 0 saturated carbocycles. The lowest BCUT2D eigenvalue weighted by Crippen LogP contribution is -2.20. The largest absolute Gasteiger partial charge is 0.294 e. The van der Waals surface area contributed by atoms with Crippen molar-refractivity contribution in [3.05, 3.63) is 33.8 Å². The van der Waals surface area contributed by atoms with E-state index in [-0.39, 0.29) is 5.78 Å². The summed E-state index contributed by atoms with van der Waals surface area (Å²) in [5.74, 6) is 0.0658. The van der Waals surface area contributed by atoms with Crippen molar-refractivity contribution >= 4 is 29.0 Å². The third-order valence-electron chi connectivity index (χ3n) is 1.86. The smallest absolute Gasteiger partial charge is 0.168 e. The van der Waals surface area contributed by atoms with Crippen LogP contribution in [0.15, 0.2) is 18.2 Å². The molecule has 0 saturated heterocycles. The van der Waals surface area contributed by atoms with E-state index in [4.69, 9.17) is 23.2 Å². The first-order valence-electron chi connectivity index (χ1n) is 4.32. The molecular formula is C11H12Cl2O. The molecule has 0 radical (unpaired) electrons. The lowest BCUT2D eigenvalue weighted by molar-refractivity contribution is 0.0858. The predicted octanol–water partition coefficient (Wildman–Crippen LogP) is 4.22. The van der Waals surface area contributed by atoms with Crippen LogP contribution in [0.1, 0.15) is 31.1 Å². The number of benzene rings is 1. The van der Waals surface area contributed by atoms with Crippen molar-refractivity contribution in [3.8, 4) is 0 Å². The van der Waals surface area contributed by atoms with Gasteiger partial charge in [-0.25, -0.2) is 0 Å². The van der Waals surface area contributed by atoms with Gasteiger partial charge in [-0.15, -0.1) is 0 Å². The average Bonchev–Trinajstić information content (AvgIpc) is 2.07. The van der Waals surface area contributed by atoms with Gasteiger partial charge < -0.3 is 0 Å². The Labute approximate surface area is 94.0 Å². The summed E-state index contributed by atoms with van der Waals surface area (Å²) in [6, 6.07) is 4.95. The Morgan fingerprint density at radius 3 is 2.14 bits per heavy atom. The van der Waals surface area contributed by atoms with Crippen LogP contribution >= 0.6 is 23.2 Å². The predicted molar refractivity (Wildman–Crippen MR) is 60.2 cm³/mol. The van der Waals surface area contributed by atoms with E-state index < -0.39 is 5.41 Å². The lowest BCUT2D eigenvalue weighted by Gasteiger charge is -2.16. The first kappa shape index (κ1) is 11.5. The molecule has 0 amide bonds. The van der Waals surface area contributed by atoms with Crippen molar-refractivity contribution in [2.75, 3.05) is 0 Å². The van der Waals surface area contributed by atoms with Crippen LogP contribution in [0.2, 0.25) is 10.0 Å². The normalized spacial score (nSPS) is 11.5. The number of hydrogen-bond donors (Lipinski definition) is 0. The molecular weight excluding hydrogens is 219 g/mol. The molecule has 1 aromatic carbocycles. The summed E-state index contributed by atoms with van der Waals surface area (Å²) in [4.78, 5) is 11.8. The number of carbonyl (C=O) groups excluding carboxylic acids is 1. The highest BCUT2D eigenvalue weighted by atomic mass is 35.5. The van der Waals surface area contributed by atoms with Gasteiger partial charge in [0.05, 0.1) is 10.0 Å². The summed E-state index contributed by atoms with van der Waals surface area (Å²) in [7, 11) is 0. The van der Waals surface area contributed by atoms with Gasteiger partial charge in [-0.1, -0.05) is 44.0 Å². The molecule has 3 heteroatoms. The van der Waals surface area contributed by atoms with Crippen molar-refractivity contribution in [3.63, 3.8) is 0 Å². The van der Waals surface area contributed by atoms with E-state index in [0.29, 0.717) is 15.6 Å². The fourth-order valence-electron chi connectivity index (χ4n) is 1.07. The van der Waals surface area contributed by atoms with Crippen LogP contribution in [0.3, 0.4) is 0 Å². The molecule has 0 atom stereocenters. The van der Waals surface area contributed by atoms with Crippen LogP contribution in [0, 0.1) is 5.41 Å². The van der Waals surface area contributed by atoms with Crippen LogP contribution in [0.25, 0.3) is 0 Å². The minimum Gasteiger partial charge on any atom is -0.294 e. The molecule has 14 heavy (non-hydrogen) atoms. The van der Waals surface area contributed by atoms with Crippen molar-refractivity contribution < 1.29 is 4.79 Å². The number of carbonyl (C=O) groups is 1. The average molecular weight is 231 g/mol.